The number of likely N-dealkylation sites (tertiary alicyclic amines) is 1. The smallest absolute Gasteiger partial charge is 0.162 e. The number of aromatic nitrogens is 1. The Morgan fingerprint density at radius 3 is 2.89 bits per heavy atom. The summed E-state index contributed by atoms with van der Waals surface area (Å²) >= 11 is 0. The SMILES string of the molecule is COCc1cc(CN2CCC(C(C)=O)CC2)no1. The molecule has 1 aromatic rings. The monoisotopic (exact) mass is 252 g/mol. The van der Waals surface area contributed by atoms with Gasteiger partial charge in [0.05, 0.1) is 5.69 Å². The highest BCUT2D eigenvalue weighted by Gasteiger charge is 2.22. The van der Waals surface area contributed by atoms with Crippen molar-refractivity contribution < 1.29 is 14.1 Å². The minimum absolute atomic E-state index is 0.252. The van der Waals surface area contributed by atoms with E-state index in [2.05, 4.69) is 10.1 Å². The fraction of sp³-hybridized carbons (Fsp3) is 0.692. The molecule has 1 aliphatic rings. The highest BCUT2D eigenvalue weighted by Crippen LogP contribution is 2.19. The number of carbonyl (C=O) groups excluding carboxylic acids is 1. The Bertz CT molecular complexity index is 395. The van der Waals surface area contributed by atoms with Crippen LogP contribution in [0.2, 0.25) is 0 Å². The van der Waals surface area contributed by atoms with Gasteiger partial charge >= 0.3 is 0 Å². The van der Waals surface area contributed by atoms with Crippen molar-refractivity contribution in [3.05, 3.63) is 17.5 Å². The van der Waals surface area contributed by atoms with E-state index in [9.17, 15) is 4.79 Å². The van der Waals surface area contributed by atoms with Crippen molar-refractivity contribution in [2.45, 2.75) is 32.9 Å². The average Bonchev–Trinajstić information content (AvgIpc) is 2.78. The summed E-state index contributed by atoms with van der Waals surface area (Å²) in [6.45, 7) is 4.85. The number of hydrogen-bond acceptors (Lipinski definition) is 5. The number of ketones is 1. The van der Waals surface area contributed by atoms with E-state index < -0.39 is 0 Å². The maximum atomic E-state index is 11.3. The first-order valence-electron chi connectivity index (χ1n) is 6.35. The highest BCUT2D eigenvalue weighted by molar-refractivity contribution is 5.78. The van der Waals surface area contributed by atoms with Crippen LogP contribution in [0.25, 0.3) is 0 Å². The Morgan fingerprint density at radius 1 is 1.56 bits per heavy atom. The van der Waals surface area contributed by atoms with Crippen LogP contribution in [-0.4, -0.2) is 36.0 Å². The van der Waals surface area contributed by atoms with Crippen LogP contribution < -0.4 is 0 Å². The van der Waals surface area contributed by atoms with E-state index in [1.165, 1.54) is 0 Å². The largest absolute Gasteiger partial charge is 0.377 e. The van der Waals surface area contributed by atoms with Gasteiger partial charge in [0.2, 0.25) is 0 Å². The van der Waals surface area contributed by atoms with Gasteiger partial charge in [-0.15, -0.1) is 0 Å². The van der Waals surface area contributed by atoms with Crippen LogP contribution in [0.3, 0.4) is 0 Å². The summed E-state index contributed by atoms with van der Waals surface area (Å²) in [5.74, 6) is 1.33. The lowest BCUT2D eigenvalue weighted by atomic mass is 9.93. The second-order valence-corrected chi connectivity index (χ2v) is 4.88. The molecule has 0 aliphatic carbocycles. The molecule has 0 amide bonds. The number of piperidine rings is 1. The van der Waals surface area contributed by atoms with Crippen molar-refractivity contribution in [1.29, 1.82) is 0 Å². The predicted molar refractivity (Wildman–Crippen MR) is 65.9 cm³/mol. The minimum Gasteiger partial charge on any atom is -0.377 e. The topological polar surface area (TPSA) is 55.6 Å². The minimum atomic E-state index is 0.252. The normalized spacial score (nSPS) is 18.1. The fourth-order valence-electron chi connectivity index (χ4n) is 2.37. The second kappa shape index (κ2) is 6.11. The van der Waals surface area contributed by atoms with Crippen LogP contribution in [-0.2, 0) is 22.7 Å². The van der Waals surface area contributed by atoms with Crippen molar-refractivity contribution >= 4 is 5.78 Å². The van der Waals surface area contributed by atoms with Crippen molar-refractivity contribution in [2.75, 3.05) is 20.2 Å². The molecule has 1 fully saturated rings. The third kappa shape index (κ3) is 3.40. The van der Waals surface area contributed by atoms with E-state index >= 15 is 0 Å². The van der Waals surface area contributed by atoms with Gasteiger partial charge in [-0.1, -0.05) is 5.16 Å². The Balaban J connectivity index is 1.81. The van der Waals surface area contributed by atoms with Crippen LogP contribution >= 0.6 is 0 Å². The van der Waals surface area contributed by atoms with Gasteiger partial charge in [-0.3, -0.25) is 9.69 Å². The average molecular weight is 252 g/mol. The van der Waals surface area contributed by atoms with Gasteiger partial charge in [0.25, 0.3) is 0 Å². The summed E-state index contributed by atoms with van der Waals surface area (Å²) in [5, 5.41) is 4.02. The molecule has 1 saturated heterocycles. The van der Waals surface area contributed by atoms with Crippen LogP contribution in [0.1, 0.15) is 31.2 Å². The molecule has 0 spiro atoms. The number of carbonyl (C=O) groups is 1. The number of rotatable bonds is 5. The molecule has 5 heteroatoms. The van der Waals surface area contributed by atoms with Gasteiger partial charge in [0, 0.05) is 25.6 Å². The lowest BCUT2D eigenvalue weighted by Gasteiger charge is -2.29. The first-order valence-corrected chi connectivity index (χ1v) is 6.35. The van der Waals surface area contributed by atoms with Crippen molar-refractivity contribution in [3.8, 4) is 0 Å². The lowest BCUT2D eigenvalue weighted by Crippen LogP contribution is -2.35. The lowest BCUT2D eigenvalue weighted by molar-refractivity contribution is -0.122. The van der Waals surface area contributed by atoms with Gasteiger partial charge in [-0.2, -0.15) is 0 Å². The Morgan fingerprint density at radius 2 is 2.28 bits per heavy atom. The van der Waals surface area contributed by atoms with E-state index in [0.29, 0.717) is 12.4 Å². The van der Waals surface area contributed by atoms with Crippen LogP contribution in [0, 0.1) is 5.92 Å². The van der Waals surface area contributed by atoms with E-state index in [-0.39, 0.29) is 5.92 Å². The summed E-state index contributed by atoms with van der Waals surface area (Å²) in [5.41, 5.74) is 0.934. The molecule has 1 aromatic heterocycles. The zero-order valence-electron chi connectivity index (χ0n) is 11.0. The maximum absolute atomic E-state index is 11.3. The molecular formula is C13H20N2O3. The number of nitrogens with zero attached hydrogens (tertiary/aromatic N) is 2. The van der Waals surface area contributed by atoms with Gasteiger partial charge in [-0.05, 0) is 32.9 Å². The quantitative estimate of drug-likeness (QED) is 0.797. The molecule has 0 unspecified atom stereocenters. The molecule has 0 N–H and O–H groups in total. The zero-order valence-corrected chi connectivity index (χ0v) is 11.0. The molecule has 2 heterocycles. The standard InChI is InChI=1S/C13H20N2O3/c1-10(16)11-3-5-15(6-4-11)8-12-7-13(9-17-2)18-14-12/h7,11H,3-6,8-9H2,1-2H3. The van der Waals surface area contributed by atoms with Gasteiger partial charge < -0.3 is 9.26 Å². The van der Waals surface area contributed by atoms with Crippen LogP contribution in [0.4, 0.5) is 0 Å². The van der Waals surface area contributed by atoms with E-state index in [1.807, 2.05) is 6.07 Å². The van der Waals surface area contributed by atoms with E-state index in [4.69, 9.17) is 9.26 Å². The van der Waals surface area contributed by atoms with Crippen molar-refractivity contribution in [3.63, 3.8) is 0 Å². The van der Waals surface area contributed by atoms with Crippen LogP contribution in [0.15, 0.2) is 10.6 Å². The Hall–Kier alpha value is -1.20. The Labute approximate surface area is 107 Å². The van der Waals surface area contributed by atoms with E-state index in [1.54, 1.807) is 14.0 Å². The molecule has 18 heavy (non-hydrogen) atoms. The van der Waals surface area contributed by atoms with Crippen LogP contribution in [0.5, 0.6) is 0 Å². The predicted octanol–water partition coefficient (Wildman–Crippen LogP) is 1.62. The number of Topliss-reactive ketones (excluding diaryl/α,β-unsaturated/α-hetero) is 1. The maximum Gasteiger partial charge on any atom is 0.162 e. The van der Waals surface area contributed by atoms with Gasteiger partial charge in [0.15, 0.2) is 5.76 Å². The van der Waals surface area contributed by atoms with Gasteiger partial charge in [0.1, 0.15) is 12.4 Å². The molecule has 5 nitrogen and oxygen atoms in total. The molecule has 0 aromatic carbocycles. The highest BCUT2D eigenvalue weighted by atomic mass is 16.5. The summed E-state index contributed by atoms with van der Waals surface area (Å²) in [4.78, 5) is 13.6. The first kappa shape index (κ1) is 13.2. The number of ether oxygens (including phenoxy) is 1. The van der Waals surface area contributed by atoms with Crippen molar-refractivity contribution in [1.82, 2.24) is 10.1 Å². The number of hydrogen-bond donors (Lipinski definition) is 0. The molecule has 0 saturated carbocycles. The zero-order chi connectivity index (χ0) is 13.0. The summed E-state index contributed by atoms with van der Waals surface area (Å²) in [6, 6.07) is 1.93. The second-order valence-electron chi connectivity index (χ2n) is 4.88. The number of methoxy groups -OCH3 is 1. The fourth-order valence-corrected chi connectivity index (χ4v) is 2.37. The van der Waals surface area contributed by atoms with Crippen molar-refractivity contribution in [2.24, 2.45) is 5.92 Å². The third-order valence-corrected chi connectivity index (χ3v) is 3.44. The molecule has 100 valence electrons. The molecular weight excluding hydrogens is 232 g/mol. The summed E-state index contributed by atoms with van der Waals surface area (Å²) in [7, 11) is 1.63. The molecule has 0 atom stereocenters. The summed E-state index contributed by atoms with van der Waals surface area (Å²) in [6.07, 6.45) is 1.91. The van der Waals surface area contributed by atoms with Gasteiger partial charge in [-0.25, -0.2) is 0 Å². The third-order valence-electron chi connectivity index (χ3n) is 3.44. The molecule has 0 radical (unpaired) electrons. The molecule has 0 bridgehead atoms. The first-order chi connectivity index (χ1) is 8.69. The molecule has 1 aliphatic heterocycles. The molecule has 2 rings (SSSR count). The summed E-state index contributed by atoms with van der Waals surface area (Å²) < 4.78 is 10.1. The Kier molecular flexibility index (Phi) is 4.49. The van der Waals surface area contributed by atoms with E-state index in [0.717, 1.165) is 43.9 Å².